The van der Waals surface area contributed by atoms with Gasteiger partial charge in [-0.2, -0.15) is 0 Å². The fourth-order valence-electron chi connectivity index (χ4n) is 2.03. The number of aliphatic carboxylic acids is 1. The van der Waals surface area contributed by atoms with Crippen LogP contribution >= 0.6 is 11.8 Å². The van der Waals surface area contributed by atoms with E-state index in [0.29, 0.717) is 24.5 Å². The van der Waals surface area contributed by atoms with E-state index in [1.54, 1.807) is 0 Å². The lowest BCUT2D eigenvalue weighted by atomic mass is 10.0. The molecular formula is C16H21NO3S. The molecule has 21 heavy (non-hydrogen) atoms. The van der Waals surface area contributed by atoms with Crippen LogP contribution in [0.25, 0.3) is 0 Å². The Bertz CT molecular complexity index is 521. The van der Waals surface area contributed by atoms with E-state index in [4.69, 9.17) is 5.11 Å². The molecule has 4 nitrogen and oxygen atoms in total. The first-order valence-electron chi connectivity index (χ1n) is 7.16. The molecule has 2 N–H and O–H groups in total. The number of amides is 1. The van der Waals surface area contributed by atoms with Crippen LogP contribution in [0.2, 0.25) is 0 Å². The molecule has 1 aliphatic carbocycles. The SMILES string of the molecule is CC(C)c1ccc(SCC(=O)NCC2(C(=O)O)CC2)cc1. The van der Waals surface area contributed by atoms with Crippen LogP contribution in [-0.2, 0) is 9.59 Å². The van der Waals surface area contributed by atoms with E-state index in [9.17, 15) is 9.59 Å². The first-order chi connectivity index (χ1) is 9.93. The zero-order valence-electron chi connectivity index (χ0n) is 12.4. The van der Waals surface area contributed by atoms with E-state index in [1.165, 1.54) is 17.3 Å². The summed E-state index contributed by atoms with van der Waals surface area (Å²) in [6, 6.07) is 8.20. The Morgan fingerprint density at radius 2 is 1.90 bits per heavy atom. The maximum absolute atomic E-state index is 11.8. The van der Waals surface area contributed by atoms with Gasteiger partial charge in [-0.05, 0) is 36.5 Å². The van der Waals surface area contributed by atoms with Crippen LogP contribution in [0.5, 0.6) is 0 Å². The standard InChI is InChI=1S/C16H21NO3S/c1-11(2)12-3-5-13(6-4-12)21-9-14(18)17-10-16(7-8-16)15(19)20/h3-6,11H,7-10H2,1-2H3,(H,17,18)(H,19,20). The summed E-state index contributed by atoms with van der Waals surface area (Å²) >= 11 is 1.47. The maximum atomic E-state index is 11.8. The van der Waals surface area contributed by atoms with Gasteiger partial charge < -0.3 is 10.4 Å². The lowest BCUT2D eigenvalue weighted by molar-refractivity contribution is -0.143. The van der Waals surface area contributed by atoms with Crippen LogP contribution in [-0.4, -0.2) is 29.3 Å². The second kappa shape index (κ2) is 6.52. The molecule has 1 amide bonds. The number of carboxylic acids is 1. The van der Waals surface area contributed by atoms with Crippen molar-refractivity contribution in [3.63, 3.8) is 0 Å². The molecule has 0 saturated heterocycles. The first-order valence-corrected chi connectivity index (χ1v) is 8.14. The van der Waals surface area contributed by atoms with E-state index >= 15 is 0 Å². The maximum Gasteiger partial charge on any atom is 0.311 e. The third kappa shape index (κ3) is 4.24. The molecule has 0 unspecified atom stereocenters. The van der Waals surface area contributed by atoms with Crippen LogP contribution in [0.1, 0.15) is 38.2 Å². The Balaban J connectivity index is 1.75. The van der Waals surface area contributed by atoms with Gasteiger partial charge in [-0.1, -0.05) is 26.0 Å². The lowest BCUT2D eigenvalue weighted by Gasteiger charge is -2.11. The van der Waals surface area contributed by atoms with Crippen molar-refractivity contribution in [2.24, 2.45) is 5.41 Å². The number of benzene rings is 1. The average Bonchev–Trinajstić information content (AvgIpc) is 3.24. The zero-order valence-corrected chi connectivity index (χ0v) is 13.2. The second-order valence-corrected chi connectivity index (χ2v) is 6.92. The van der Waals surface area contributed by atoms with Crippen LogP contribution in [0.15, 0.2) is 29.2 Å². The van der Waals surface area contributed by atoms with Crippen LogP contribution in [0.3, 0.4) is 0 Å². The van der Waals surface area contributed by atoms with Crippen LogP contribution in [0.4, 0.5) is 0 Å². The van der Waals surface area contributed by atoms with E-state index < -0.39 is 11.4 Å². The van der Waals surface area contributed by atoms with Crippen molar-refractivity contribution in [3.05, 3.63) is 29.8 Å². The minimum atomic E-state index is -0.806. The fourth-order valence-corrected chi connectivity index (χ4v) is 2.76. The highest BCUT2D eigenvalue weighted by Gasteiger charge is 2.50. The van der Waals surface area contributed by atoms with Gasteiger partial charge in [-0.3, -0.25) is 9.59 Å². The molecule has 0 bridgehead atoms. The van der Waals surface area contributed by atoms with Crippen LogP contribution < -0.4 is 5.32 Å². The molecule has 1 aliphatic rings. The molecule has 114 valence electrons. The van der Waals surface area contributed by atoms with Gasteiger partial charge in [0, 0.05) is 11.4 Å². The van der Waals surface area contributed by atoms with Crippen molar-refractivity contribution in [2.45, 2.75) is 37.5 Å². The summed E-state index contributed by atoms with van der Waals surface area (Å²) in [7, 11) is 0. The molecule has 1 fully saturated rings. The number of carboxylic acid groups (broad SMARTS) is 1. The van der Waals surface area contributed by atoms with Gasteiger partial charge in [0.1, 0.15) is 0 Å². The number of carbonyl (C=O) groups is 2. The third-order valence-corrected chi connectivity index (χ3v) is 4.86. The van der Waals surface area contributed by atoms with Gasteiger partial charge >= 0.3 is 5.97 Å². The van der Waals surface area contributed by atoms with E-state index in [-0.39, 0.29) is 12.5 Å². The Morgan fingerprint density at radius 3 is 2.38 bits per heavy atom. The van der Waals surface area contributed by atoms with Gasteiger partial charge in [-0.25, -0.2) is 0 Å². The Labute approximate surface area is 129 Å². The van der Waals surface area contributed by atoms with E-state index in [2.05, 4.69) is 31.3 Å². The van der Waals surface area contributed by atoms with Crippen molar-refractivity contribution in [3.8, 4) is 0 Å². The molecule has 1 saturated carbocycles. The molecular weight excluding hydrogens is 286 g/mol. The quantitative estimate of drug-likeness (QED) is 0.760. The summed E-state index contributed by atoms with van der Waals surface area (Å²) in [5.74, 6) is -0.102. The Hall–Kier alpha value is -1.49. The van der Waals surface area contributed by atoms with Gasteiger partial charge in [0.05, 0.1) is 11.2 Å². The summed E-state index contributed by atoms with van der Waals surface area (Å²) in [4.78, 5) is 23.8. The van der Waals surface area contributed by atoms with Crippen molar-refractivity contribution in [2.75, 3.05) is 12.3 Å². The van der Waals surface area contributed by atoms with Crippen molar-refractivity contribution in [1.29, 1.82) is 0 Å². The molecule has 0 atom stereocenters. The second-order valence-electron chi connectivity index (χ2n) is 5.87. The fraction of sp³-hybridized carbons (Fsp3) is 0.500. The number of hydrogen-bond acceptors (Lipinski definition) is 3. The summed E-state index contributed by atoms with van der Waals surface area (Å²) in [6.07, 6.45) is 1.32. The monoisotopic (exact) mass is 307 g/mol. The molecule has 0 spiro atoms. The van der Waals surface area contributed by atoms with Gasteiger partial charge in [0.25, 0.3) is 0 Å². The molecule has 0 heterocycles. The summed E-state index contributed by atoms with van der Waals surface area (Å²) in [5, 5.41) is 11.8. The largest absolute Gasteiger partial charge is 0.481 e. The zero-order chi connectivity index (χ0) is 15.5. The van der Waals surface area contributed by atoms with E-state index in [0.717, 1.165) is 4.90 Å². The number of hydrogen-bond donors (Lipinski definition) is 2. The molecule has 0 aliphatic heterocycles. The summed E-state index contributed by atoms with van der Waals surface area (Å²) in [5.41, 5.74) is 0.583. The molecule has 1 aromatic rings. The molecule has 1 aromatic carbocycles. The smallest absolute Gasteiger partial charge is 0.311 e. The number of thioether (sulfide) groups is 1. The molecule has 5 heteroatoms. The molecule has 0 radical (unpaired) electrons. The average molecular weight is 307 g/mol. The predicted molar refractivity (Wildman–Crippen MR) is 83.6 cm³/mol. The highest BCUT2D eigenvalue weighted by Crippen LogP contribution is 2.45. The Morgan fingerprint density at radius 1 is 1.29 bits per heavy atom. The number of rotatable bonds is 7. The minimum absolute atomic E-state index is 0.111. The van der Waals surface area contributed by atoms with Gasteiger partial charge in [0.2, 0.25) is 5.91 Å². The number of nitrogens with one attached hydrogen (secondary N) is 1. The van der Waals surface area contributed by atoms with E-state index in [1.807, 2.05) is 12.1 Å². The topological polar surface area (TPSA) is 66.4 Å². The van der Waals surface area contributed by atoms with Gasteiger partial charge in [-0.15, -0.1) is 11.8 Å². The summed E-state index contributed by atoms with van der Waals surface area (Å²) in [6.45, 7) is 4.53. The lowest BCUT2D eigenvalue weighted by Crippen LogP contribution is -2.35. The van der Waals surface area contributed by atoms with Crippen molar-refractivity contribution >= 4 is 23.6 Å². The molecule has 2 rings (SSSR count). The number of carbonyl (C=O) groups excluding carboxylic acids is 1. The van der Waals surface area contributed by atoms with Crippen molar-refractivity contribution < 1.29 is 14.7 Å². The van der Waals surface area contributed by atoms with Crippen molar-refractivity contribution in [1.82, 2.24) is 5.32 Å². The highest BCUT2D eigenvalue weighted by molar-refractivity contribution is 8.00. The first kappa shape index (κ1) is 15.9. The summed E-state index contributed by atoms with van der Waals surface area (Å²) < 4.78 is 0. The van der Waals surface area contributed by atoms with Gasteiger partial charge in [0.15, 0.2) is 0 Å². The van der Waals surface area contributed by atoms with Crippen LogP contribution in [0, 0.1) is 5.41 Å². The molecule has 0 aromatic heterocycles. The highest BCUT2D eigenvalue weighted by atomic mass is 32.2. The minimum Gasteiger partial charge on any atom is -0.481 e. The third-order valence-electron chi connectivity index (χ3n) is 3.85. The Kier molecular flexibility index (Phi) is 4.93. The predicted octanol–water partition coefficient (Wildman–Crippen LogP) is 2.88. The normalized spacial score (nSPS) is 15.8.